The lowest BCUT2D eigenvalue weighted by atomic mass is 9.87. The zero-order chi connectivity index (χ0) is 15.5. The molecule has 0 radical (unpaired) electrons. The number of fused-ring (bicyclic) bond motifs is 1. The topological polar surface area (TPSA) is 25.4 Å². The van der Waals surface area contributed by atoms with Gasteiger partial charge in [0.1, 0.15) is 0 Å². The average molecular weight is 335 g/mol. The van der Waals surface area contributed by atoms with Crippen LogP contribution in [0.1, 0.15) is 61.9 Å². The number of hydrogen-bond acceptors (Lipinski definition) is 4. The molecule has 4 rings (SSSR count). The molecule has 1 aliphatic heterocycles. The van der Waals surface area contributed by atoms with E-state index in [1.807, 2.05) is 0 Å². The van der Waals surface area contributed by atoms with Crippen molar-refractivity contribution >= 4 is 11.3 Å². The summed E-state index contributed by atoms with van der Waals surface area (Å²) in [5, 5.41) is 0.928. The Kier molecular flexibility index (Phi) is 5.20. The molecule has 2 fully saturated rings. The highest BCUT2D eigenvalue weighted by atomic mass is 32.1. The minimum atomic E-state index is 0.814. The predicted octanol–water partition coefficient (Wildman–Crippen LogP) is 4.30. The molecule has 2 aliphatic carbocycles. The van der Waals surface area contributed by atoms with E-state index < -0.39 is 0 Å². The van der Waals surface area contributed by atoms with Crippen molar-refractivity contribution in [1.82, 2.24) is 9.88 Å². The molecular weight excluding hydrogens is 304 g/mol. The van der Waals surface area contributed by atoms with Gasteiger partial charge in [0.25, 0.3) is 5.19 Å². The Morgan fingerprint density at radius 2 is 1.83 bits per heavy atom. The van der Waals surface area contributed by atoms with E-state index in [4.69, 9.17) is 9.72 Å². The van der Waals surface area contributed by atoms with Crippen molar-refractivity contribution in [3.05, 3.63) is 10.6 Å². The van der Waals surface area contributed by atoms with Crippen molar-refractivity contribution in [2.45, 2.75) is 64.2 Å². The molecule has 0 unspecified atom stereocenters. The standard InChI is InChI=1S/C19H30N2OS/c1-2-4-15(5-3-1)8-11-21-12-9-17-18(10-13-21)23-19(20-17)22-14-16-6-7-16/h15-16H,1-14H2. The molecule has 4 heteroatoms. The monoisotopic (exact) mass is 334 g/mol. The van der Waals surface area contributed by atoms with Gasteiger partial charge in [-0.3, -0.25) is 0 Å². The van der Waals surface area contributed by atoms with Crippen LogP contribution >= 0.6 is 11.3 Å². The van der Waals surface area contributed by atoms with Crippen LogP contribution in [0, 0.1) is 11.8 Å². The summed E-state index contributed by atoms with van der Waals surface area (Å²) < 4.78 is 5.87. The van der Waals surface area contributed by atoms with Gasteiger partial charge in [-0.25, -0.2) is 4.98 Å². The minimum absolute atomic E-state index is 0.814. The zero-order valence-corrected chi connectivity index (χ0v) is 15.1. The third-order valence-corrected chi connectivity index (χ3v) is 6.87. The predicted molar refractivity (Wildman–Crippen MR) is 95.4 cm³/mol. The first-order chi connectivity index (χ1) is 11.4. The number of ether oxygens (including phenoxy) is 1. The summed E-state index contributed by atoms with van der Waals surface area (Å²) >= 11 is 1.81. The Balaban J connectivity index is 1.24. The lowest BCUT2D eigenvalue weighted by Crippen LogP contribution is -2.29. The summed E-state index contributed by atoms with van der Waals surface area (Å²) in [5.41, 5.74) is 1.32. The first-order valence-corrected chi connectivity index (χ1v) is 10.5. The molecule has 3 aliphatic rings. The maximum Gasteiger partial charge on any atom is 0.273 e. The molecule has 0 aromatic carbocycles. The number of hydrogen-bond donors (Lipinski definition) is 0. The van der Waals surface area contributed by atoms with Crippen LogP contribution in [0.4, 0.5) is 0 Å². The van der Waals surface area contributed by atoms with Gasteiger partial charge in [-0.05, 0) is 44.1 Å². The molecule has 2 heterocycles. The summed E-state index contributed by atoms with van der Waals surface area (Å²) in [5.74, 6) is 1.82. The summed E-state index contributed by atoms with van der Waals surface area (Å²) in [7, 11) is 0. The largest absolute Gasteiger partial charge is 0.470 e. The number of rotatable bonds is 6. The second kappa shape index (κ2) is 7.52. The Labute approximate surface area is 144 Å². The average Bonchev–Trinajstić information content (AvgIpc) is 3.37. The van der Waals surface area contributed by atoms with Crippen LogP contribution < -0.4 is 4.74 Å². The quantitative estimate of drug-likeness (QED) is 0.775. The maximum absolute atomic E-state index is 5.87. The molecule has 3 nitrogen and oxygen atoms in total. The molecular formula is C19H30N2OS. The van der Waals surface area contributed by atoms with Crippen molar-refractivity contribution in [3.8, 4) is 5.19 Å². The van der Waals surface area contributed by atoms with E-state index in [1.165, 1.54) is 88.0 Å². The molecule has 23 heavy (non-hydrogen) atoms. The molecule has 0 bridgehead atoms. The lowest BCUT2D eigenvalue weighted by Gasteiger charge is -2.26. The van der Waals surface area contributed by atoms with Gasteiger partial charge >= 0.3 is 0 Å². The highest BCUT2D eigenvalue weighted by Gasteiger charge is 2.24. The highest BCUT2D eigenvalue weighted by Crippen LogP contribution is 2.33. The van der Waals surface area contributed by atoms with E-state index in [0.29, 0.717) is 0 Å². The second-order valence-corrected chi connectivity index (χ2v) is 8.78. The van der Waals surface area contributed by atoms with Crippen molar-refractivity contribution in [2.24, 2.45) is 11.8 Å². The Hall–Kier alpha value is -0.610. The summed E-state index contributed by atoms with van der Waals surface area (Å²) in [6.07, 6.45) is 13.8. The van der Waals surface area contributed by atoms with E-state index >= 15 is 0 Å². The Morgan fingerprint density at radius 1 is 1.00 bits per heavy atom. The summed E-state index contributed by atoms with van der Waals surface area (Å²) in [6, 6.07) is 0. The van der Waals surface area contributed by atoms with E-state index in [2.05, 4.69) is 4.90 Å². The fourth-order valence-electron chi connectivity index (χ4n) is 3.99. The van der Waals surface area contributed by atoms with Crippen LogP contribution in [-0.2, 0) is 12.8 Å². The minimum Gasteiger partial charge on any atom is -0.470 e. The highest BCUT2D eigenvalue weighted by molar-refractivity contribution is 7.13. The van der Waals surface area contributed by atoms with Gasteiger partial charge in [0.05, 0.1) is 12.3 Å². The zero-order valence-electron chi connectivity index (χ0n) is 14.3. The van der Waals surface area contributed by atoms with Crippen molar-refractivity contribution in [3.63, 3.8) is 0 Å². The van der Waals surface area contributed by atoms with Crippen LogP contribution in [0.2, 0.25) is 0 Å². The molecule has 0 saturated heterocycles. The van der Waals surface area contributed by atoms with Gasteiger partial charge in [0, 0.05) is 24.4 Å². The number of aromatic nitrogens is 1. The molecule has 128 valence electrons. The second-order valence-electron chi connectivity index (χ2n) is 7.74. The first kappa shape index (κ1) is 15.9. The van der Waals surface area contributed by atoms with Crippen LogP contribution in [0.15, 0.2) is 0 Å². The van der Waals surface area contributed by atoms with Crippen LogP contribution in [0.5, 0.6) is 5.19 Å². The van der Waals surface area contributed by atoms with Gasteiger partial charge in [0.15, 0.2) is 0 Å². The van der Waals surface area contributed by atoms with Gasteiger partial charge in [0.2, 0.25) is 0 Å². The van der Waals surface area contributed by atoms with Gasteiger partial charge < -0.3 is 9.64 Å². The van der Waals surface area contributed by atoms with Crippen LogP contribution in [0.3, 0.4) is 0 Å². The van der Waals surface area contributed by atoms with Crippen molar-refractivity contribution in [1.29, 1.82) is 0 Å². The summed E-state index contributed by atoms with van der Waals surface area (Å²) in [4.78, 5) is 8.92. The van der Waals surface area contributed by atoms with Crippen LogP contribution in [-0.4, -0.2) is 36.1 Å². The summed E-state index contributed by atoms with van der Waals surface area (Å²) in [6.45, 7) is 4.58. The normalized spacial score (nSPS) is 23.5. The molecule has 1 aromatic rings. The molecule has 1 aromatic heterocycles. The van der Waals surface area contributed by atoms with Crippen LogP contribution in [0.25, 0.3) is 0 Å². The fraction of sp³-hybridized carbons (Fsp3) is 0.842. The molecule has 0 spiro atoms. The third-order valence-electron chi connectivity index (χ3n) is 5.80. The molecule has 0 atom stereocenters. The van der Waals surface area contributed by atoms with Gasteiger partial charge in [-0.2, -0.15) is 0 Å². The number of thiazole rings is 1. The molecule has 0 amide bonds. The SMILES string of the molecule is C1CCC(CCN2CCc3nc(OCC4CC4)sc3CC2)CC1. The first-order valence-electron chi connectivity index (χ1n) is 9.70. The molecule has 0 N–H and O–H groups in total. The van der Waals surface area contributed by atoms with E-state index in [9.17, 15) is 0 Å². The fourth-order valence-corrected chi connectivity index (χ4v) is 4.94. The van der Waals surface area contributed by atoms with Crippen molar-refractivity contribution < 1.29 is 4.74 Å². The van der Waals surface area contributed by atoms with Gasteiger partial charge in [-0.1, -0.05) is 43.4 Å². The Bertz CT molecular complexity index is 480. The third kappa shape index (κ3) is 4.48. The van der Waals surface area contributed by atoms with Crippen molar-refractivity contribution in [2.75, 3.05) is 26.2 Å². The van der Waals surface area contributed by atoms with E-state index in [1.54, 1.807) is 11.3 Å². The van der Waals surface area contributed by atoms with E-state index in [-0.39, 0.29) is 0 Å². The number of nitrogens with zero attached hydrogens (tertiary/aromatic N) is 2. The lowest BCUT2D eigenvalue weighted by molar-refractivity contribution is 0.239. The smallest absolute Gasteiger partial charge is 0.273 e. The van der Waals surface area contributed by atoms with E-state index in [0.717, 1.165) is 30.1 Å². The molecule has 2 saturated carbocycles. The maximum atomic E-state index is 5.87. The van der Waals surface area contributed by atoms with Gasteiger partial charge in [-0.15, -0.1) is 0 Å². The Morgan fingerprint density at radius 3 is 2.65 bits per heavy atom.